The Hall–Kier alpha value is -3.38. The summed E-state index contributed by atoms with van der Waals surface area (Å²) in [6, 6.07) is 25.1. The van der Waals surface area contributed by atoms with E-state index in [2.05, 4.69) is 36.4 Å². The highest BCUT2D eigenvalue weighted by atomic mass is 32.2. The van der Waals surface area contributed by atoms with E-state index < -0.39 is 11.7 Å². The molecule has 4 rings (SSSR count). The van der Waals surface area contributed by atoms with Crippen LogP contribution in [0.5, 0.6) is 11.5 Å². The molecule has 2 nitrogen and oxygen atoms in total. The molecule has 0 heterocycles. The Morgan fingerprint density at radius 3 is 2.37 bits per heavy atom. The van der Waals surface area contributed by atoms with Crippen molar-refractivity contribution in [3.63, 3.8) is 0 Å². The van der Waals surface area contributed by atoms with Gasteiger partial charge in [0.05, 0.1) is 12.7 Å². The van der Waals surface area contributed by atoms with Gasteiger partial charge in [-0.1, -0.05) is 48.5 Å². The topological polar surface area (TPSA) is 18.5 Å². The molecule has 0 spiro atoms. The molecule has 0 saturated heterocycles. The van der Waals surface area contributed by atoms with Crippen molar-refractivity contribution in [1.82, 2.24) is 0 Å². The van der Waals surface area contributed by atoms with Crippen molar-refractivity contribution >= 4 is 28.6 Å². The maximum Gasteiger partial charge on any atom is 0.416 e. The van der Waals surface area contributed by atoms with Crippen molar-refractivity contribution in [3.8, 4) is 11.5 Å². The van der Waals surface area contributed by atoms with Crippen molar-refractivity contribution in [2.75, 3.05) is 19.5 Å². The Balaban J connectivity index is 1.57. The summed E-state index contributed by atoms with van der Waals surface area (Å²) in [7, 11) is 1.65. The summed E-state index contributed by atoms with van der Waals surface area (Å²) in [5.74, 6) is 1.90. The van der Waals surface area contributed by atoms with Crippen LogP contribution in [0.1, 0.15) is 16.7 Å². The molecular formula is C29H25F3O2S. The quantitative estimate of drug-likeness (QED) is 0.229. The number of benzene rings is 4. The predicted octanol–water partition coefficient (Wildman–Crippen LogP) is 8.43. The molecule has 0 aliphatic rings. The maximum absolute atomic E-state index is 12.9. The van der Waals surface area contributed by atoms with E-state index in [4.69, 9.17) is 9.47 Å². The van der Waals surface area contributed by atoms with Gasteiger partial charge in [0.2, 0.25) is 0 Å². The maximum atomic E-state index is 12.9. The zero-order valence-corrected chi connectivity index (χ0v) is 20.2. The monoisotopic (exact) mass is 494 g/mol. The molecule has 4 aromatic rings. The lowest BCUT2D eigenvalue weighted by molar-refractivity contribution is -0.137. The van der Waals surface area contributed by atoms with E-state index in [9.17, 15) is 13.2 Å². The van der Waals surface area contributed by atoms with E-state index >= 15 is 0 Å². The van der Waals surface area contributed by atoms with Crippen molar-refractivity contribution < 1.29 is 22.6 Å². The van der Waals surface area contributed by atoms with Gasteiger partial charge in [-0.05, 0) is 76.9 Å². The lowest BCUT2D eigenvalue weighted by Crippen LogP contribution is -2.06. The largest absolute Gasteiger partial charge is 0.496 e. The molecule has 0 atom stereocenters. The van der Waals surface area contributed by atoms with Crippen LogP contribution in [0.25, 0.3) is 16.8 Å². The summed E-state index contributed by atoms with van der Waals surface area (Å²) < 4.78 is 49.9. The zero-order valence-electron chi connectivity index (χ0n) is 19.4. The molecule has 0 aliphatic heterocycles. The summed E-state index contributed by atoms with van der Waals surface area (Å²) in [5, 5.41) is 2.27. The fourth-order valence-electron chi connectivity index (χ4n) is 3.75. The van der Waals surface area contributed by atoms with Gasteiger partial charge in [-0.25, -0.2) is 0 Å². The molecule has 0 saturated carbocycles. The van der Waals surface area contributed by atoms with Crippen LogP contribution in [0, 0.1) is 6.92 Å². The number of fused-ring (bicyclic) bond motifs is 1. The summed E-state index contributed by atoms with van der Waals surface area (Å²) >= 11 is 1.67. The first-order chi connectivity index (χ1) is 16.8. The number of alkyl halides is 3. The van der Waals surface area contributed by atoms with Gasteiger partial charge in [-0.15, -0.1) is 11.8 Å². The van der Waals surface area contributed by atoms with Crippen molar-refractivity contribution in [1.29, 1.82) is 0 Å². The summed E-state index contributed by atoms with van der Waals surface area (Å²) in [4.78, 5) is 1.10. The molecule has 0 radical (unpaired) electrons. The van der Waals surface area contributed by atoms with Crippen LogP contribution >= 0.6 is 11.8 Å². The van der Waals surface area contributed by atoms with Crippen LogP contribution < -0.4 is 9.47 Å². The summed E-state index contributed by atoms with van der Waals surface area (Å²) in [5.41, 5.74) is 2.44. The minimum absolute atomic E-state index is 0.261. The fourth-order valence-corrected chi connectivity index (χ4v) is 4.70. The second kappa shape index (κ2) is 10.9. The molecular weight excluding hydrogens is 469 g/mol. The molecule has 6 heteroatoms. The lowest BCUT2D eigenvalue weighted by Gasteiger charge is -2.13. The summed E-state index contributed by atoms with van der Waals surface area (Å²) in [6.07, 6.45) is -2.26. The number of rotatable bonds is 8. The fraction of sp³-hybridized carbons (Fsp3) is 0.172. The Labute approximate surface area is 207 Å². The summed E-state index contributed by atoms with van der Waals surface area (Å²) in [6.45, 7) is 2.26. The number of hydrogen-bond acceptors (Lipinski definition) is 3. The van der Waals surface area contributed by atoms with E-state index in [1.807, 2.05) is 37.3 Å². The highest BCUT2D eigenvalue weighted by molar-refractivity contribution is 7.99. The standard InChI is InChI=1S/C29H25F3O2S/c1-20-16-26(14-15-28(20)33-2)35-19-21(17-23-8-5-7-22-6-3-4-9-27(22)23)18-34-25-12-10-24(11-13-25)29(30,31)32/h3-17H,18-19H2,1-2H3/b21-17+. The number of thioether (sulfide) groups is 1. The van der Waals surface area contributed by atoms with Gasteiger partial charge in [-0.3, -0.25) is 0 Å². The molecule has 0 amide bonds. The minimum atomic E-state index is -4.37. The molecule has 0 N–H and O–H groups in total. The Morgan fingerprint density at radius 2 is 1.66 bits per heavy atom. The molecule has 0 fully saturated rings. The van der Waals surface area contributed by atoms with Crippen LogP contribution in [0.15, 0.2) is 95.4 Å². The third kappa shape index (κ3) is 6.40. The third-order valence-electron chi connectivity index (χ3n) is 5.58. The van der Waals surface area contributed by atoms with E-state index in [1.165, 1.54) is 12.1 Å². The van der Waals surface area contributed by atoms with E-state index in [-0.39, 0.29) is 6.61 Å². The Morgan fingerprint density at radius 1 is 0.914 bits per heavy atom. The zero-order chi connectivity index (χ0) is 24.8. The molecule has 0 bridgehead atoms. The highest BCUT2D eigenvalue weighted by Gasteiger charge is 2.30. The first kappa shape index (κ1) is 24.7. The van der Waals surface area contributed by atoms with Crippen LogP contribution in [0.2, 0.25) is 0 Å². The predicted molar refractivity (Wildman–Crippen MR) is 137 cm³/mol. The van der Waals surface area contributed by atoms with E-state index in [0.717, 1.165) is 50.3 Å². The first-order valence-electron chi connectivity index (χ1n) is 11.1. The molecule has 0 aliphatic carbocycles. The molecule has 0 unspecified atom stereocenters. The SMILES string of the molecule is COc1ccc(SC/C(=C/c2cccc3ccccc23)COc2ccc(C(F)(F)F)cc2)cc1C. The minimum Gasteiger partial charge on any atom is -0.496 e. The van der Waals surface area contributed by atoms with Crippen LogP contribution in [0.4, 0.5) is 13.2 Å². The van der Waals surface area contributed by atoms with Crippen molar-refractivity contribution in [2.24, 2.45) is 0 Å². The van der Waals surface area contributed by atoms with Gasteiger partial charge >= 0.3 is 6.18 Å². The van der Waals surface area contributed by atoms with Gasteiger partial charge in [0.25, 0.3) is 0 Å². The van der Waals surface area contributed by atoms with Gasteiger partial charge in [0.15, 0.2) is 0 Å². The van der Waals surface area contributed by atoms with E-state index in [1.54, 1.807) is 18.9 Å². The van der Waals surface area contributed by atoms with Crippen LogP contribution in [-0.4, -0.2) is 19.5 Å². The number of methoxy groups -OCH3 is 1. The average molecular weight is 495 g/mol. The van der Waals surface area contributed by atoms with Crippen molar-refractivity contribution in [3.05, 3.63) is 107 Å². The van der Waals surface area contributed by atoms with Gasteiger partial charge < -0.3 is 9.47 Å². The molecule has 35 heavy (non-hydrogen) atoms. The number of hydrogen-bond donors (Lipinski definition) is 0. The Kier molecular flexibility index (Phi) is 7.71. The van der Waals surface area contributed by atoms with Gasteiger partial charge in [0.1, 0.15) is 18.1 Å². The lowest BCUT2D eigenvalue weighted by atomic mass is 10.0. The molecule has 4 aromatic carbocycles. The van der Waals surface area contributed by atoms with Crippen LogP contribution in [-0.2, 0) is 6.18 Å². The van der Waals surface area contributed by atoms with Gasteiger partial charge in [0, 0.05) is 10.6 Å². The highest BCUT2D eigenvalue weighted by Crippen LogP contribution is 2.31. The molecule has 0 aromatic heterocycles. The smallest absolute Gasteiger partial charge is 0.416 e. The van der Waals surface area contributed by atoms with Crippen LogP contribution in [0.3, 0.4) is 0 Å². The number of aryl methyl sites for hydroxylation is 1. The first-order valence-corrected chi connectivity index (χ1v) is 12.1. The average Bonchev–Trinajstić information content (AvgIpc) is 2.85. The van der Waals surface area contributed by atoms with Gasteiger partial charge in [-0.2, -0.15) is 13.2 Å². The van der Waals surface area contributed by atoms with Crippen molar-refractivity contribution in [2.45, 2.75) is 18.0 Å². The number of halogens is 3. The number of ether oxygens (including phenoxy) is 2. The Bertz CT molecular complexity index is 1320. The second-order valence-electron chi connectivity index (χ2n) is 8.10. The molecule has 180 valence electrons. The van der Waals surface area contributed by atoms with E-state index in [0.29, 0.717) is 11.5 Å². The third-order valence-corrected chi connectivity index (χ3v) is 6.68. The second-order valence-corrected chi connectivity index (χ2v) is 9.15. The normalized spacial score (nSPS) is 12.1.